The number of hydrogen-bond acceptors (Lipinski definition) is 8. The third kappa shape index (κ3) is 41.1. The van der Waals surface area contributed by atoms with Crippen molar-refractivity contribution in [2.45, 2.75) is 180 Å². The molecular formula is C45H77O10P. The molecule has 56 heavy (non-hydrogen) atoms. The first-order valence-corrected chi connectivity index (χ1v) is 22.9. The molecule has 0 bridgehead atoms. The molecule has 10 nitrogen and oxygen atoms in total. The number of rotatable bonds is 37. The summed E-state index contributed by atoms with van der Waals surface area (Å²) in [6.45, 7) is 5.67. The predicted molar refractivity (Wildman–Crippen MR) is 228 cm³/mol. The Labute approximate surface area is 339 Å². The third-order valence-corrected chi connectivity index (χ3v) is 9.33. The first kappa shape index (κ1) is 53.4. The number of carbonyl (C=O) groups is 2. The summed E-state index contributed by atoms with van der Waals surface area (Å²) in [5.41, 5.74) is 0. The lowest BCUT2D eigenvalue weighted by atomic mass is 10.0. The van der Waals surface area contributed by atoms with Crippen molar-refractivity contribution in [2.75, 3.05) is 13.2 Å². The van der Waals surface area contributed by atoms with Crippen molar-refractivity contribution in [3.05, 3.63) is 72.9 Å². The summed E-state index contributed by atoms with van der Waals surface area (Å²) < 4.78 is 26.3. The fourth-order valence-electron chi connectivity index (χ4n) is 5.65. The van der Waals surface area contributed by atoms with Gasteiger partial charge in [0.25, 0.3) is 0 Å². The minimum atomic E-state index is -4.81. The zero-order valence-electron chi connectivity index (χ0n) is 34.9. The van der Waals surface area contributed by atoms with E-state index in [2.05, 4.69) is 25.3 Å². The Morgan fingerprint density at radius 1 is 0.625 bits per heavy atom. The molecule has 322 valence electrons. The summed E-state index contributed by atoms with van der Waals surface area (Å²) in [6.07, 6.45) is 41.3. The van der Waals surface area contributed by atoms with Gasteiger partial charge in [0.05, 0.1) is 18.8 Å². The molecular weight excluding hydrogens is 731 g/mol. The molecule has 0 aromatic carbocycles. The van der Waals surface area contributed by atoms with E-state index in [4.69, 9.17) is 19.3 Å². The van der Waals surface area contributed by atoms with Crippen LogP contribution in [0.5, 0.6) is 0 Å². The molecule has 0 fully saturated rings. The lowest BCUT2D eigenvalue weighted by molar-refractivity contribution is -0.161. The van der Waals surface area contributed by atoms with Gasteiger partial charge >= 0.3 is 19.8 Å². The molecule has 11 heteroatoms. The van der Waals surface area contributed by atoms with Crippen molar-refractivity contribution >= 4 is 19.8 Å². The average molecular weight is 809 g/mol. The van der Waals surface area contributed by atoms with E-state index in [0.717, 1.165) is 31.6 Å². The molecule has 0 aromatic rings. The van der Waals surface area contributed by atoms with Crippen molar-refractivity contribution in [1.82, 2.24) is 0 Å². The van der Waals surface area contributed by atoms with E-state index in [9.17, 15) is 24.4 Å². The first-order valence-electron chi connectivity index (χ1n) is 21.3. The summed E-state index contributed by atoms with van der Waals surface area (Å²) in [5.74, 6) is -0.252. The van der Waals surface area contributed by atoms with Crippen LogP contribution >= 0.6 is 7.82 Å². The van der Waals surface area contributed by atoms with E-state index in [1.807, 2.05) is 42.5 Å². The van der Waals surface area contributed by atoms with Gasteiger partial charge in [0.1, 0.15) is 6.61 Å². The zero-order valence-corrected chi connectivity index (χ0v) is 35.8. The topological polar surface area (TPSA) is 160 Å². The normalized spacial score (nSPS) is 14.4. The van der Waals surface area contributed by atoms with Gasteiger partial charge in [-0.25, -0.2) is 4.57 Å². The molecule has 0 amide bonds. The number of aliphatic hydroxyl groups excluding tert-OH is 2. The van der Waals surface area contributed by atoms with Crippen LogP contribution in [0.2, 0.25) is 0 Å². The maximum atomic E-state index is 12.4. The molecule has 0 radical (unpaired) electrons. The van der Waals surface area contributed by atoms with Gasteiger partial charge in [-0.3, -0.25) is 14.1 Å². The SMILES string of the molecule is CC/C=C\C[C@@H](O)/C=C/C=C\C/C=C\C=C\[C@@H](O)/C=C\CCCC(=O)OC[C@H](COP(=O)(O)O)OC(=O)CCCCCCCCCCCCCCCCC(C)C. The summed E-state index contributed by atoms with van der Waals surface area (Å²) in [4.78, 5) is 42.9. The van der Waals surface area contributed by atoms with Crippen LogP contribution in [0, 0.1) is 5.92 Å². The maximum absolute atomic E-state index is 12.4. The highest BCUT2D eigenvalue weighted by Crippen LogP contribution is 2.36. The van der Waals surface area contributed by atoms with Crippen molar-refractivity contribution in [3.63, 3.8) is 0 Å². The van der Waals surface area contributed by atoms with Crippen LogP contribution in [0.4, 0.5) is 0 Å². The van der Waals surface area contributed by atoms with Gasteiger partial charge in [-0.15, -0.1) is 0 Å². The Morgan fingerprint density at radius 3 is 1.75 bits per heavy atom. The Balaban J connectivity index is 4.17. The quantitative estimate of drug-likeness (QED) is 0.0156. The second-order valence-electron chi connectivity index (χ2n) is 14.8. The van der Waals surface area contributed by atoms with Crippen molar-refractivity contribution in [1.29, 1.82) is 0 Å². The lowest BCUT2D eigenvalue weighted by Gasteiger charge is -2.18. The van der Waals surface area contributed by atoms with Crippen LogP contribution in [0.3, 0.4) is 0 Å². The fourth-order valence-corrected chi connectivity index (χ4v) is 6.01. The van der Waals surface area contributed by atoms with Crippen LogP contribution in [0.15, 0.2) is 72.9 Å². The molecule has 0 rings (SSSR count). The predicted octanol–water partition coefficient (Wildman–Crippen LogP) is 10.9. The molecule has 0 aliphatic carbocycles. The fraction of sp³-hybridized carbons (Fsp3) is 0.689. The number of carbonyl (C=O) groups excluding carboxylic acids is 2. The molecule has 0 heterocycles. The van der Waals surface area contributed by atoms with Gasteiger partial charge in [0.2, 0.25) is 0 Å². The van der Waals surface area contributed by atoms with Gasteiger partial charge < -0.3 is 29.5 Å². The third-order valence-electron chi connectivity index (χ3n) is 8.84. The van der Waals surface area contributed by atoms with Gasteiger partial charge in [0.15, 0.2) is 6.10 Å². The number of ether oxygens (including phenoxy) is 2. The molecule has 0 aliphatic heterocycles. The van der Waals surface area contributed by atoms with Crippen LogP contribution in [0.1, 0.15) is 162 Å². The van der Waals surface area contributed by atoms with Gasteiger partial charge in [0, 0.05) is 12.8 Å². The Hall–Kier alpha value is -2.59. The second kappa shape index (κ2) is 38.0. The second-order valence-corrected chi connectivity index (χ2v) is 16.1. The minimum Gasteiger partial charge on any atom is -0.462 e. The molecule has 0 unspecified atom stereocenters. The number of esters is 2. The van der Waals surface area contributed by atoms with E-state index in [1.54, 1.807) is 30.4 Å². The zero-order chi connectivity index (χ0) is 41.5. The van der Waals surface area contributed by atoms with E-state index >= 15 is 0 Å². The smallest absolute Gasteiger partial charge is 0.462 e. The highest BCUT2D eigenvalue weighted by atomic mass is 31.2. The molecule has 3 atom stereocenters. The molecule has 0 saturated carbocycles. The standard InChI is InChI=1S/C45H77O10P/c1-4-5-24-32-41(46)33-26-20-16-14-17-21-27-34-42(47)35-28-23-30-36-44(48)53-38-43(39-54-56(50,51)52)55-45(49)37-29-22-18-13-11-9-7-6-8-10-12-15-19-25-31-40(2)3/h5,16-17,20-21,24,26-28,33-35,40-43,46-47H,4,6-15,18-19,22-23,25,29-32,36-39H2,1-3H3,(H2,50,51,52)/b20-16-,21-17-,24-5-,33-26+,34-27+,35-28-/t41-,42-,43-/m1/s1. The van der Waals surface area contributed by atoms with Crippen molar-refractivity contribution in [2.24, 2.45) is 5.92 Å². The van der Waals surface area contributed by atoms with Gasteiger partial charge in [-0.05, 0) is 44.4 Å². The monoisotopic (exact) mass is 809 g/mol. The molecule has 0 aromatic heterocycles. The van der Waals surface area contributed by atoms with Crippen molar-refractivity contribution in [3.8, 4) is 0 Å². The Morgan fingerprint density at radius 2 is 1.18 bits per heavy atom. The van der Waals surface area contributed by atoms with Crippen LogP contribution < -0.4 is 0 Å². The highest BCUT2D eigenvalue weighted by Gasteiger charge is 2.22. The largest absolute Gasteiger partial charge is 0.469 e. The van der Waals surface area contributed by atoms with Gasteiger partial charge in [-0.1, -0.05) is 184 Å². The van der Waals surface area contributed by atoms with E-state index in [-0.39, 0.29) is 19.4 Å². The number of phosphoric acid groups is 1. The Bertz CT molecular complexity index is 1180. The molecule has 0 aliphatic rings. The lowest BCUT2D eigenvalue weighted by Crippen LogP contribution is -2.29. The summed E-state index contributed by atoms with van der Waals surface area (Å²) in [5, 5.41) is 19.9. The van der Waals surface area contributed by atoms with Crippen LogP contribution in [0.25, 0.3) is 0 Å². The van der Waals surface area contributed by atoms with Gasteiger partial charge in [-0.2, -0.15) is 0 Å². The van der Waals surface area contributed by atoms with Crippen LogP contribution in [-0.4, -0.2) is 63.5 Å². The molecule has 4 N–H and O–H groups in total. The van der Waals surface area contributed by atoms with E-state index in [0.29, 0.717) is 32.1 Å². The number of unbranched alkanes of at least 4 members (excludes halogenated alkanes) is 14. The maximum Gasteiger partial charge on any atom is 0.469 e. The summed E-state index contributed by atoms with van der Waals surface area (Å²) in [7, 11) is -4.81. The van der Waals surface area contributed by atoms with E-state index in [1.165, 1.54) is 70.6 Å². The molecule has 0 spiro atoms. The summed E-state index contributed by atoms with van der Waals surface area (Å²) >= 11 is 0. The molecule has 0 saturated heterocycles. The summed E-state index contributed by atoms with van der Waals surface area (Å²) in [6, 6.07) is 0. The van der Waals surface area contributed by atoms with Crippen LogP contribution in [-0.2, 0) is 28.2 Å². The minimum absolute atomic E-state index is 0.0787. The number of phosphoric ester groups is 1. The number of hydrogen-bond donors (Lipinski definition) is 4. The van der Waals surface area contributed by atoms with Crippen molar-refractivity contribution < 1.29 is 48.2 Å². The highest BCUT2D eigenvalue weighted by molar-refractivity contribution is 7.46. The average Bonchev–Trinajstić information content (AvgIpc) is 3.14. The number of aliphatic hydroxyl groups is 2. The first-order chi connectivity index (χ1) is 26.9. The van der Waals surface area contributed by atoms with E-state index < -0.39 is 44.7 Å². The number of allylic oxidation sites excluding steroid dienone is 8. The Kier molecular flexibility index (Phi) is 36.2.